The first-order valence-electron chi connectivity index (χ1n) is 8.39. The van der Waals surface area contributed by atoms with Gasteiger partial charge in [-0.15, -0.1) is 32.9 Å². The lowest BCUT2D eigenvalue weighted by Crippen LogP contribution is -2.30. The minimum absolute atomic E-state index is 0.0650. The van der Waals surface area contributed by atoms with Crippen LogP contribution < -0.4 is 4.90 Å². The molecule has 0 radical (unpaired) electrons. The molecule has 1 aliphatic heterocycles. The zero-order chi connectivity index (χ0) is 20.2. The number of aryl methyl sites for hydroxylation is 4. The van der Waals surface area contributed by atoms with Crippen molar-refractivity contribution in [3.05, 3.63) is 53.8 Å². The van der Waals surface area contributed by atoms with Crippen molar-refractivity contribution in [2.75, 3.05) is 4.90 Å². The molecule has 0 bridgehead atoms. The van der Waals surface area contributed by atoms with Crippen molar-refractivity contribution < 1.29 is 14.7 Å². The average molecular weight is 433 g/mol. The molecule has 1 aliphatic rings. The van der Waals surface area contributed by atoms with E-state index in [1.807, 2.05) is 25.3 Å². The second kappa shape index (κ2) is 6.87. The Labute approximate surface area is 173 Å². The summed E-state index contributed by atoms with van der Waals surface area (Å²) in [5.41, 5.74) is 1.59. The number of Topliss-reactive ketones (excluding diaryl/α,β-unsaturated/α-hetero) is 1. The molecule has 4 heterocycles. The van der Waals surface area contributed by atoms with E-state index >= 15 is 0 Å². The number of aliphatic hydroxyl groups excluding tert-OH is 1. The summed E-state index contributed by atoms with van der Waals surface area (Å²) in [5, 5.41) is 22.5. The summed E-state index contributed by atoms with van der Waals surface area (Å²) < 4.78 is 0. The molecule has 1 amide bonds. The standard InChI is InChI=1S/C18H16N4O3S3/c1-7-5-6-26-15(7)12-11(13(23)16-8(2)19-9(3)27-16)14(24)17(25)22(12)18-21-20-10(4)28-18/h5-6,12,24H,1-4H3. The number of hydrogen-bond donors (Lipinski definition) is 1. The molecule has 0 fully saturated rings. The van der Waals surface area contributed by atoms with Gasteiger partial charge in [-0.3, -0.25) is 14.5 Å². The van der Waals surface area contributed by atoms with Crippen LogP contribution in [0.2, 0.25) is 0 Å². The third-order valence-corrected chi connectivity index (χ3v) is 7.41. The zero-order valence-corrected chi connectivity index (χ0v) is 18.0. The molecule has 144 valence electrons. The van der Waals surface area contributed by atoms with E-state index in [0.29, 0.717) is 20.7 Å². The van der Waals surface area contributed by atoms with Crippen LogP contribution >= 0.6 is 34.0 Å². The van der Waals surface area contributed by atoms with Crippen molar-refractivity contribution in [1.29, 1.82) is 0 Å². The smallest absolute Gasteiger partial charge is 0.296 e. The normalized spacial score (nSPS) is 17.1. The molecule has 1 unspecified atom stereocenters. The highest BCUT2D eigenvalue weighted by Crippen LogP contribution is 2.45. The van der Waals surface area contributed by atoms with Crippen LogP contribution in [-0.2, 0) is 4.79 Å². The number of aromatic nitrogens is 3. The maximum atomic E-state index is 13.4. The van der Waals surface area contributed by atoms with E-state index < -0.39 is 17.7 Å². The van der Waals surface area contributed by atoms with Gasteiger partial charge in [0.2, 0.25) is 10.9 Å². The van der Waals surface area contributed by atoms with Crippen molar-refractivity contribution in [1.82, 2.24) is 15.2 Å². The highest BCUT2D eigenvalue weighted by molar-refractivity contribution is 7.15. The Bertz CT molecular complexity index is 1140. The maximum Gasteiger partial charge on any atom is 0.296 e. The molecular formula is C18H16N4O3S3. The molecule has 4 rings (SSSR count). The predicted molar refractivity (Wildman–Crippen MR) is 110 cm³/mol. The molecule has 10 heteroatoms. The Balaban J connectivity index is 1.90. The minimum atomic E-state index is -0.742. The lowest BCUT2D eigenvalue weighted by Gasteiger charge is -2.23. The van der Waals surface area contributed by atoms with Crippen molar-refractivity contribution in [3.63, 3.8) is 0 Å². The van der Waals surface area contributed by atoms with Gasteiger partial charge >= 0.3 is 0 Å². The van der Waals surface area contributed by atoms with E-state index in [0.717, 1.165) is 15.4 Å². The number of carbonyl (C=O) groups is 2. The van der Waals surface area contributed by atoms with Crippen LogP contribution in [0.4, 0.5) is 5.13 Å². The second-order valence-corrected chi connectivity index (χ2v) is 9.70. The number of rotatable bonds is 4. The fraction of sp³-hybridized carbons (Fsp3) is 0.278. The van der Waals surface area contributed by atoms with E-state index in [9.17, 15) is 14.7 Å². The van der Waals surface area contributed by atoms with Crippen LogP contribution in [0.15, 0.2) is 22.8 Å². The van der Waals surface area contributed by atoms with Crippen LogP contribution in [0.5, 0.6) is 0 Å². The Hall–Kier alpha value is -2.43. The molecule has 0 spiro atoms. The molecule has 1 N–H and O–H groups in total. The number of nitrogens with zero attached hydrogens (tertiary/aromatic N) is 4. The van der Waals surface area contributed by atoms with Gasteiger partial charge in [0.05, 0.1) is 21.2 Å². The summed E-state index contributed by atoms with van der Waals surface area (Å²) in [5.74, 6) is -1.56. The van der Waals surface area contributed by atoms with E-state index in [1.165, 1.54) is 38.9 Å². The van der Waals surface area contributed by atoms with Crippen LogP contribution in [0.3, 0.4) is 0 Å². The summed E-state index contributed by atoms with van der Waals surface area (Å²) in [6, 6.07) is 1.18. The second-order valence-electron chi connectivity index (χ2n) is 6.39. The van der Waals surface area contributed by atoms with Crippen LogP contribution in [0.1, 0.15) is 41.9 Å². The van der Waals surface area contributed by atoms with E-state index in [4.69, 9.17) is 0 Å². The summed E-state index contributed by atoms with van der Waals surface area (Å²) in [7, 11) is 0. The number of anilines is 1. The zero-order valence-electron chi connectivity index (χ0n) is 15.5. The summed E-state index contributed by atoms with van der Waals surface area (Å²) >= 11 is 3.94. The van der Waals surface area contributed by atoms with Crippen molar-refractivity contribution in [3.8, 4) is 0 Å². The van der Waals surface area contributed by atoms with Crippen molar-refractivity contribution >= 4 is 50.8 Å². The highest BCUT2D eigenvalue weighted by Gasteiger charge is 2.47. The summed E-state index contributed by atoms with van der Waals surface area (Å²) in [6.07, 6.45) is 0. The quantitative estimate of drug-likeness (QED) is 0.624. The molecule has 0 aromatic carbocycles. The summed E-state index contributed by atoms with van der Waals surface area (Å²) in [4.78, 5) is 33.3. The predicted octanol–water partition coefficient (Wildman–Crippen LogP) is 4.07. The van der Waals surface area contributed by atoms with Gasteiger partial charge in [0, 0.05) is 4.88 Å². The molecule has 0 saturated carbocycles. The van der Waals surface area contributed by atoms with Gasteiger partial charge in [-0.05, 0) is 44.7 Å². The van der Waals surface area contributed by atoms with Gasteiger partial charge in [0.15, 0.2) is 5.76 Å². The Morgan fingerprint density at radius 2 is 1.89 bits per heavy atom. The molecule has 3 aromatic rings. The Morgan fingerprint density at radius 1 is 1.14 bits per heavy atom. The highest BCUT2D eigenvalue weighted by atomic mass is 32.1. The van der Waals surface area contributed by atoms with Crippen molar-refractivity contribution in [2.24, 2.45) is 0 Å². The maximum absolute atomic E-state index is 13.4. The molecular weight excluding hydrogens is 416 g/mol. The van der Waals surface area contributed by atoms with Gasteiger partial charge < -0.3 is 5.11 Å². The fourth-order valence-electron chi connectivity index (χ4n) is 3.19. The Morgan fingerprint density at radius 3 is 2.43 bits per heavy atom. The molecule has 0 saturated heterocycles. The van der Waals surface area contributed by atoms with Crippen molar-refractivity contribution in [2.45, 2.75) is 33.7 Å². The summed E-state index contributed by atoms with van der Waals surface area (Å²) in [6.45, 7) is 7.28. The molecule has 3 aromatic heterocycles. The average Bonchev–Trinajstić information content (AvgIpc) is 3.37. The molecule has 0 aliphatic carbocycles. The van der Waals surface area contributed by atoms with Gasteiger partial charge in [-0.1, -0.05) is 11.3 Å². The number of thiophene rings is 1. The number of aliphatic hydroxyl groups is 1. The van der Waals surface area contributed by atoms with Crippen LogP contribution in [-0.4, -0.2) is 32.0 Å². The van der Waals surface area contributed by atoms with E-state index in [-0.39, 0.29) is 11.4 Å². The number of thiazole rings is 1. The number of ketones is 1. The largest absolute Gasteiger partial charge is 0.503 e. The third kappa shape index (κ3) is 2.88. The van der Waals surface area contributed by atoms with E-state index in [1.54, 1.807) is 13.8 Å². The lowest BCUT2D eigenvalue weighted by molar-refractivity contribution is -0.117. The number of amides is 1. The first kappa shape index (κ1) is 18.9. The monoisotopic (exact) mass is 432 g/mol. The topological polar surface area (TPSA) is 96.3 Å². The number of hydrogen-bond acceptors (Lipinski definition) is 9. The minimum Gasteiger partial charge on any atom is -0.503 e. The third-order valence-electron chi connectivity index (χ3n) is 4.43. The van der Waals surface area contributed by atoms with Gasteiger partial charge in [0.1, 0.15) is 11.0 Å². The van der Waals surface area contributed by atoms with Gasteiger partial charge in [-0.2, -0.15) is 0 Å². The number of carbonyl (C=O) groups excluding carboxylic acids is 2. The first-order chi connectivity index (χ1) is 13.3. The van der Waals surface area contributed by atoms with E-state index in [2.05, 4.69) is 15.2 Å². The molecule has 7 nitrogen and oxygen atoms in total. The first-order valence-corrected chi connectivity index (χ1v) is 10.9. The fourth-order valence-corrected chi connectivity index (χ4v) is 5.81. The van der Waals surface area contributed by atoms with Crippen LogP contribution in [0, 0.1) is 27.7 Å². The lowest BCUT2D eigenvalue weighted by atomic mass is 9.99. The SMILES string of the molecule is Cc1nnc(N2C(=O)C(O)=C(C(=O)c3sc(C)nc3C)C2c2sccc2C)s1. The van der Waals surface area contributed by atoms with Gasteiger partial charge in [-0.25, -0.2) is 4.98 Å². The van der Waals surface area contributed by atoms with Crippen LogP contribution in [0.25, 0.3) is 0 Å². The molecule has 28 heavy (non-hydrogen) atoms. The molecule has 1 atom stereocenters. The van der Waals surface area contributed by atoms with Gasteiger partial charge in [0.25, 0.3) is 5.91 Å². The Kier molecular flexibility index (Phi) is 4.64.